The number of furan rings is 1. The highest BCUT2D eigenvalue weighted by atomic mass is 79.9. The Morgan fingerprint density at radius 3 is 2.66 bits per heavy atom. The standard InChI is InChI=1S/C22H14BrClN2O2S/c23-20-12-16(28-22(20)29-17-10-8-15(24)9-11-17)13-25-26-21(27)19-7-3-5-14-4-1-2-6-18(14)19/h1-13H,(H,26,27)/b25-13-. The minimum Gasteiger partial charge on any atom is -0.447 e. The van der Waals surface area contributed by atoms with Crippen LogP contribution in [-0.4, -0.2) is 12.1 Å². The van der Waals surface area contributed by atoms with Crippen LogP contribution in [0.5, 0.6) is 0 Å². The lowest BCUT2D eigenvalue weighted by Crippen LogP contribution is -2.17. The third kappa shape index (κ3) is 4.72. The van der Waals surface area contributed by atoms with Crippen molar-refractivity contribution in [3.63, 3.8) is 0 Å². The summed E-state index contributed by atoms with van der Waals surface area (Å²) in [5.74, 6) is 0.242. The second-order valence-corrected chi connectivity index (χ2v) is 8.40. The number of hydrogen-bond acceptors (Lipinski definition) is 4. The Kier molecular flexibility index (Phi) is 6.04. The van der Waals surface area contributed by atoms with Crippen molar-refractivity contribution in [3.8, 4) is 0 Å². The highest BCUT2D eigenvalue weighted by Gasteiger charge is 2.11. The van der Waals surface area contributed by atoms with E-state index in [1.165, 1.54) is 18.0 Å². The molecule has 1 aromatic heterocycles. The maximum absolute atomic E-state index is 12.5. The Labute approximate surface area is 185 Å². The summed E-state index contributed by atoms with van der Waals surface area (Å²) in [6, 6.07) is 22.6. The number of rotatable bonds is 5. The summed E-state index contributed by atoms with van der Waals surface area (Å²) >= 11 is 10.9. The predicted octanol–water partition coefficient (Wildman–Crippen LogP) is 6.76. The van der Waals surface area contributed by atoms with Gasteiger partial charge >= 0.3 is 0 Å². The van der Waals surface area contributed by atoms with Crippen LogP contribution in [0.4, 0.5) is 0 Å². The van der Waals surface area contributed by atoms with Crippen LogP contribution in [-0.2, 0) is 0 Å². The molecule has 1 amide bonds. The fraction of sp³-hybridized carbons (Fsp3) is 0. The molecule has 0 atom stereocenters. The molecule has 0 aliphatic carbocycles. The SMILES string of the molecule is O=C(N/N=C\c1cc(Br)c(Sc2ccc(Cl)cc2)o1)c1cccc2ccccc12. The van der Waals surface area contributed by atoms with Crippen molar-refractivity contribution in [1.82, 2.24) is 5.43 Å². The minimum atomic E-state index is -0.278. The molecule has 0 bridgehead atoms. The van der Waals surface area contributed by atoms with Gasteiger partial charge in [0, 0.05) is 21.5 Å². The molecule has 0 saturated heterocycles. The molecule has 0 saturated carbocycles. The minimum absolute atomic E-state index is 0.278. The summed E-state index contributed by atoms with van der Waals surface area (Å²) in [6.45, 7) is 0. The van der Waals surface area contributed by atoms with E-state index in [9.17, 15) is 4.79 Å². The number of carbonyl (C=O) groups is 1. The van der Waals surface area contributed by atoms with Gasteiger partial charge in [-0.2, -0.15) is 5.10 Å². The number of hydrogen-bond donors (Lipinski definition) is 1. The van der Waals surface area contributed by atoms with Gasteiger partial charge in [-0.15, -0.1) is 0 Å². The number of amides is 1. The van der Waals surface area contributed by atoms with E-state index in [0.29, 0.717) is 21.4 Å². The van der Waals surface area contributed by atoms with E-state index >= 15 is 0 Å². The second-order valence-electron chi connectivity index (χ2n) is 6.07. The lowest BCUT2D eigenvalue weighted by atomic mass is 10.0. The summed E-state index contributed by atoms with van der Waals surface area (Å²) in [5, 5.41) is 7.29. The molecule has 4 rings (SSSR count). The fourth-order valence-electron chi connectivity index (χ4n) is 2.75. The van der Waals surface area contributed by atoms with Gasteiger partial charge in [-0.3, -0.25) is 4.79 Å². The van der Waals surface area contributed by atoms with Gasteiger partial charge in [0.1, 0.15) is 5.76 Å². The van der Waals surface area contributed by atoms with Crippen LogP contribution < -0.4 is 5.43 Å². The van der Waals surface area contributed by atoms with Crippen LogP contribution in [0.15, 0.2) is 96.8 Å². The number of fused-ring (bicyclic) bond motifs is 1. The molecule has 0 fully saturated rings. The van der Waals surface area contributed by atoms with E-state index in [-0.39, 0.29) is 5.91 Å². The first-order valence-corrected chi connectivity index (χ1v) is 10.6. The quantitative estimate of drug-likeness (QED) is 0.251. The summed E-state index contributed by atoms with van der Waals surface area (Å²) in [5.41, 5.74) is 3.13. The Morgan fingerprint density at radius 2 is 1.83 bits per heavy atom. The maximum Gasteiger partial charge on any atom is 0.271 e. The van der Waals surface area contributed by atoms with E-state index in [1.54, 1.807) is 12.1 Å². The van der Waals surface area contributed by atoms with Gasteiger partial charge in [0.05, 0.1) is 10.7 Å². The van der Waals surface area contributed by atoms with Gasteiger partial charge in [-0.25, -0.2) is 5.43 Å². The predicted molar refractivity (Wildman–Crippen MR) is 121 cm³/mol. The molecule has 0 spiro atoms. The van der Waals surface area contributed by atoms with Gasteiger partial charge in [0.2, 0.25) is 0 Å². The topological polar surface area (TPSA) is 54.6 Å². The average Bonchev–Trinajstić information content (AvgIpc) is 3.08. The number of carbonyl (C=O) groups excluding carboxylic acids is 1. The number of benzene rings is 3. The van der Waals surface area contributed by atoms with E-state index in [0.717, 1.165) is 20.1 Å². The van der Waals surface area contributed by atoms with Crippen LogP contribution in [0.1, 0.15) is 16.1 Å². The zero-order valence-electron chi connectivity index (χ0n) is 14.9. The first-order valence-electron chi connectivity index (χ1n) is 8.64. The summed E-state index contributed by atoms with van der Waals surface area (Å²) in [7, 11) is 0. The molecule has 0 aliphatic heterocycles. The monoisotopic (exact) mass is 484 g/mol. The van der Waals surface area contributed by atoms with Gasteiger partial charge < -0.3 is 4.42 Å². The molecule has 7 heteroatoms. The number of nitrogens with one attached hydrogen (secondary N) is 1. The zero-order chi connectivity index (χ0) is 20.2. The van der Waals surface area contributed by atoms with E-state index in [4.69, 9.17) is 16.0 Å². The fourth-order valence-corrected chi connectivity index (χ4v) is 4.21. The molecule has 29 heavy (non-hydrogen) atoms. The van der Waals surface area contributed by atoms with Crippen molar-refractivity contribution in [2.45, 2.75) is 9.99 Å². The summed E-state index contributed by atoms with van der Waals surface area (Å²) in [6.07, 6.45) is 1.47. The highest BCUT2D eigenvalue weighted by Crippen LogP contribution is 2.35. The smallest absolute Gasteiger partial charge is 0.271 e. The highest BCUT2D eigenvalue weighted by molar-refractivity contribution is 9.10. The van der Waals surface area contributed by atoms with Gasteiger partial charge in [-0.1, -0.05) is 59.8 Å². The van der Waals surface area contributed by atoms with Gasteiger partial charge in [0.25, 0.3) is 5.91 Å². The normalized spacial score (nSPS) is 11.2. The Bertz CT molecular complexity index is 1200. The van der Waals surface area contributed by atoms with Crippen molar-refractivity contribution >= 4 is 62.2 Å². The second kappa shape index (κ2) is 8.86. The van der Waals surface area contributed by atoms with Crippen LogP contribution in [0.3, 0.4) is 0 Å². The van der Waals surface area contributed by atoms with E-state index in [2.05, 4.69) is 26.5 Å². The molecule has 1 N–H and O–H groups in total. The first kappa shape index (κ1) is 19.8. The van der Waals surface area contributed by atoms with Crippen LogP contribution in [0.2, 0.25) is 5.02 Å². The van der Waals surface area contributed by atoms with Crippen LogP contribution in [0.25, 0.3) is 10.8 Å². The average molecular weight is 486 g/mol. The molecule has 0 aliphatic rings. The van der Waals surface area contributed by atoms with Crippen molar-refractivity contribution < 1.29 is 9.21 Å². The summed E-state index contributed by atoms with van der Waals surface area (Å²) < 4.78 is 6.59. The van der Waals surface area contributed by atoms with Crippen molar-refractivity contribution in [2.75, 3.05) is 0 Å². The maximum atomic E-state index is 12.5. The number of nitrogens with zero attached hydrogens (tertiary/aromatic N) is 1. The molecule has 4 aromatic rings. The van der Waals surface area contributed by atoms with E-state index < -0.39 is 0 Å². The van der Waals surface area contributed by atoms with Gasteiger partial charge in [-0.05, 0) is 57.0 Å². The van der Waals surface area contributed by atoms with Crippen molar-refractivity contribution in [2.24, 2.45) is 5.10 Å². The molecule has 0 radical (unpaired) electrons. The molecule has 0 unspecified atom stereocenters. The van der Waals surface area contributed by atoms with Crippen LogP contribution in [0, 0.1) is 0 Å². The zero-order valence-corrected chi connectivity index (χ0v) is 18.1. The molecule has 3 aromatic carbocycles. The van der Waals surface area contributed by atoms with Crippen LogP contribution >= 0.6 is 39.3 Å². The Morgan fingerprint density at radius 1 is 1.07 bits per heavy atom. The van der Waals surface area contributed by atoms with E-state index in [1.807, 2.05) is 60.7 Å². The molecule has 144 valence electrons. The largest absolute Gasteiger partial charge is 0.447 e. The van der Waals surface area contributed by atoms with Crippen molar-refractivity contribution in [1.29, 1.82) is 0 Å². The molecule has 1 heterocycles. The Hall–Kier alpha value is -2.54. The third-order valence-corrected chi connectivity index (χ3v) is 6.19. The van der Waals surface area contributed by atoms with Crippen molar-refractivity contribution in [3.05, 3.63) is 93.6 Å². The number of halogens is 2. The molecular formula is C22H14BrClN2O2S. The summed E-state index contributed by atoms with van der Waals surface area (Å²) in [4.78, 5) is 13.5. The third-order valence-electron chi connectivity index (χ3n) is 4.09. The lowest BCUT2D eigenvalue weighted by Gasteiger charge is -2.04. The molecular weight excluding hydrogens is 472 g/mol. The Balaban J connectivity index is 1.45. The number of hydrazone groups is 1. The molecule has 4 nitrogen and oxygen atoms in total. The van der Waals surface area contributed by atoms with Gasteiger partial charge in [0.15, 0.2) is 5.09 Å². The lowest BCUT2D eigenvalue weighted by molar-refractivity contribution is 0.0957. The first-order chi connectivity index (χ1) is 14.1.